The molecule has 96 valence electrons. The maximum absolute atomic E-state index is 4.65. The van der Waals surface area contributed by atoms with Crippen molar-refractivity contribution in [2.45, 2.75) is 57.4 Å². The topological polar surface area (TPSA) is 24.9 Å². The molecule has 0 bridgehead atoms. The molecular formula is C13H22N2S2. The molecule has 4 heteroatoms. The lowest BCUT2D eigenvalue weighted by atomic mass is 10.1. The van der Waals surface area contributed by atoms with E-state index in [2.05, 4.69) is 37.3 Å². The molecule has 1 saturated carbocycles. The van der Waals surface area contributed by atoms with Crippen LogP contribution in [0.2, 0.25) is 0 Å². The van der Waals surface area contributed by atoms with E-state index in [-0.39, 0.29) is 0 Å². The molecule has 0 aromatic carbocycles. The van der Waals surface area contributed by atoms with Crippen molar-refractivity contribution in [1.29, 1.82) is 0 Å². The molecule has 1 aliphatic carbocycles. The van der Waals surface area contributed by atoms with Gasteiger partial charge in [0.25, 0.3) is 0 Å². The Kier molecular flexibility index (Phi) is 4.50. The van der Waals surface area contributed by atoms with Crippen LogP contribution >= 0.6 is 23.1 Å². The standard InChI is InChI=1S/C13H22N2S2/c1-8(13-9(2)17-10(3)15-13)14-11-6-5-7-12(11)16-4/h8,11-12,14H,5-7H2,1-4H3. The number of aromatic nitrogens is 1. The molecule has 1 aliphatic rings. The third-order valence-corrected chi connectivity index (χ3v) is 5.64. The van der Waals surface area contributed by atoms with E-state index in [0.29, 0.717) is 12.1 Å². The number of aryl methyl sites for hydroxylation is 2. The molecule has 2 rings (SSSR count). The summed E-state index contributed by atoms with van der Waals surface area (Å²) in [5.74, 6) is 0. The molecule has 0 amide bonds. The van der Waals surface area contributed by atoms with E-state index in [1.807, 2.05) is 11.8 Å². The van der Waals surface area contributed by atoms with E-state index in [9.17, 15) is 0 Å². The van der Waals surface area contributed by atoms with Crippen molar-refractivity contribution < 1.29 is 0 Å². The highest BCUT2D eigenvalue weighted by Gasteiger charge is 2.28. The van der Waals surface area contributed by atoms with Gasteiger partial charge in [0.05, 0.1) is 10.7 Å². The van der Waals surface area contributed by atoms with Crippen LogP contribution in [0.25, 0.3) is 0 Å². The van der Waals surface area contributed by atoms with Gasteiger partial charge < -0.3 is 5.32 Å². The molecule has 17 heavy (non-hydrogen) atoms. The molecule has 3 atom stereocenters. The highest BCUT2D eigenvalue weighted by molar-refractivity contribution is 7.99. The summed E-state index contributed by atoms with van der Waals surface area (Å²) in [5.41, 5.74) is 1.25. The first-order valence-electron chi connectivity index (χ1n) is 6.34. The molecule has 3 unspecified atom stereocenters. The molecule has 1 heterocycles. The monoisotopic (exact) mass is 270 g/mol. The van der Waals surface area contributed by atoms with Gasteiger partial charge in [-0.3, -0.25) is 0 Å². The Hall–Kier alpha value is -0.0600. The zero-order valence-electron chi connectivity index (χ0n) is 11.1. The molecular weight excluding hydrogens is 248 g/mol. The molecule has 0 spiro atoms. The van der Waals surface area contributed by atoms with Crippen LogP contribution in [0.15, 0.2) is 0 Å². The smallest absolute Gasteiger partial charge is 0.0900 e. The van der Waals surface area contributed by atoms with Crippen molar-refractivity contribution in [3.63, 3.8) is 0 Å². The number of nitrogens with one attached hydrogen (secondary N) is 1. The fraction of sp³-hybridized carbons (Fsp3) is 0.769. The molecule has 0 radical (unpaired) electrons. The third kappa shape index (κ3) is 3.04. The number of thiazole rings is 1. The van der Waals surface area contributed by atoms with E-state index in [0.717, 1.165) is 5.25 Å². The van der Waals surface area contributed by atoms with Crippen molar-refractivity contribution in [2.24, 2.45) is 0 Å². The molecule has 1 aromatic heterocycles. The normalized spacial score (nSPS) is 26.4. The summed E-state index contributed by atoms with van der Waals surface area (Å²) in [4.78, 5) is 6.01. The summed E-state index contributed by atoms with van der Waals surface area (Å²) in [6.45, 7) is 6.52. The van der Waals surface area contributed by atoms with E-state index in [4.69, 9.17) is 0 Å². The average molecular weight is 270 g/mol. The van der Waals surface area contributed by atoms with Crippen LogP contribution in [0.4, 0.5) is 0 Å². The van der Waals surface area contributed by atoms with Crippen molar-refractivity contribution in [3.8, 4) is 0 Å². The van der Waals surface area contributed by atoms with Crippen LogP contribution in [0.1, 0.15) is 47.8 Å². The Bertz CT molecular complexity index is 375. The van der Waals surface area contributed by atoms with E-state index < -0.39 is 0 Å². The van der Waals surface area contributed by atoms with Gasteiger partial charge in [-0.1, -0.05) is 6.42 Å². The molecule has 1 fully saturated rings. The minimum Gasteiger partial charge on any atom is -0.305 e. The predicted octanol–water partition coefficient (Wildman–Crippen LogP) is 3.69. The largest absolute Gasteiger partial charge is 0.305 e. The van der Waals surface area contributed by atoms with E-state index in [1.165, 1.54) is 34.8 Å². The molecule has 1 N–H and O–H groups in total. The van der Waals surface area contributed by atoms with Gasteiger partial charge >= 0.3 is 0 Å². The Morgan fingerprint density at radius 3 is 2.76 bits per heavy atom. The van der Waals surface area contributed by atoms with Crippen LogP contribution in [-0.4, -0.2) is 22.5 Å². The van der Waals surface area contributed by atoms with Crippen LogP contribution in [0.3, 0.4) is 0 Å². The highest BCUT2D eigenvalue weighted by Crippen LogP contribution is 2.31. The van der Waals surface area contributed by atoms with Gasteiger partial charge in [-0.25, -0.2) is 4.98 Å². The second-order valence-corrected chi connectivity index (χ2v) is 7.36. The number of hydrogen-bond acceptors (Lipinski definition) is 4. The maximum atomic E-state index is 4.65. The van der Waals surface area contributed by atoms with Gasteiger partial charge in [0.1, 0.15) is 0 Å². The predicted molar refractivity (Wildman–Crippen MR) is 78.1 cm³/mol. The quantitative estimate of drug-likeness (QED) is 0.903. The van der Waals surface area contributed by atoms with Crippen molar-refractivity contribution >= 4 is 23.1 Å². The van der Waals surface area contributed by atoms with Crippen molar-refractivity contribution in [1.82, 2.24) is 10.3 Å². The number of nitrogens with zero attached hydrogens (tertiary/aromatic N) is 1. The zero-order valence-corrected chi connectivity index (χ0v) is 12.8. The summed E-state index contributed by atoms with van der Waals surface area (Å²) in [5, 5.41) is 5.74. The van der Waals surface area contributed by atoms with Crippen molar-refractivity contribution in [3.05, 3.63) is 15.6 Å². The third-order valence-electron chi connectivity index (χ3n) is 3.57. The van der Waals surface area contributed by atoms with Gasteiger partial charge in [0, 0.05) is 22.2 Å². The number of hydrogen-bond donors (Lipinski definition) is 1. The lowest BCUT2D eigenvalue weighted by Crippen LogP contribution is -2.36. The summed E-state index contributed by atoms with van der Waals surface area (Å²) in [6, 6.07) is 1.05. The number of thioether (sulfide) groups is 1. The van der Waals surface area contributed by atoms with Gasteiger partial charge in [-0.15, -0.1) is 11.3 Å². The highest BCUT2D eigenvalue weighted by atomic mass is 32.2. The number of rotatable bonds is 4. The molecule has 0 aliphatic heterocycles. The first-order valence-corrected chi connectivity index (χ1v) is 8.45. The van der Waals surface area contributed by atoms with Crippen LogP contribution in [-0.2, 0) is 0 Å². The van der Waals surface area contributed by atoms with Crippen LogP contribution < -0.4 is 5.32 Å². The van der Waals surface area contributed by atoms with Crippen LogP contribution in [0.5, 0.6) is 0 Å². The molecule has 1 aromatic rings. The summed E-state index contributed by atoms with van der Waals surface area (Å²) in [7, 11) is 0. The molecule has 0 saturated heterocycles. The Morgan fingerprint density at radius 2 is 2.18 bits per heavy atom. The van der Waals surface area contributed by atoms with E-state index >= 15 is 0 Å². The van der Waals surface area contributed by atoms with Gasteiger partial charge in [-0.05, 0) is 39.9 Å². The minimum absolute atomic E-state index is 0.387. The SMILES string of the molecule is CSC1CCCC1NC(C)c1nc(C)sc1C. The van der Waals surface area contributed by atoms with Gasteiger partial charge in [-0.2, -0.15) is 11.8 Å². The lowest BCUT2D eigenvalue weighted by Gasteiger charge is -2.23. The fourth-order valence-electron chi connectivity index (χ4n) is 2.75. The summed E-state index contributed by atoms with van der Waals surface area (Å²) in [6.07, 6.45) is 6.27. The zero-order chi connectivity index (χ0) is 12.4. The second kappa shape index (κ2) is 5.72. The maximum Gasteiger partial charge on any atom is 0.0900 e. The first kappa shape index (κ1) is 13.4. The van der Waals surface area contributed by atoms with E-state index in [1.54, 1.807) is 11.3 Å². The minimum atomic E-state index is 0.387. The Balaban J connectivity index is 2.01. The first-order chi connectivity index (χ1) is 8.11. The van der Waals surface area contributed by atoms with Crippen molar-refractivity contribution in [2.75, 3.05) is 6.26 Å². The van der Waals surface area contributed by atoms with Gasteiger partial charge in [0.15, 0.2) is 0 Å². The van der Waals surface area contributed by atoms with Gasteiger partial charge in [0.2, 0.25) is 0 Å². The second-order valence-electron chi connectivity index (χ2n) is 4.87. The Labute approximate surface area is 113 Å². The fourth-order valence-corrected chi connectivity index (χ4v) is 4.61. The summed E-state index contributed by atoms with van der Waals surface area (Å²) >= 11 is 3.81. The molecule has 2 nitrogen and oxygen atoms in total. The Morgan fingerprint density at radius 1 is 1.41 bits per heavy atom. The summed E-state index contributed by atoms with van der Waals surface area (Å²) < 4.78 is 0. The van der Waals surface area contributed by atoms with Crippen LogP contribution in [0, 0.1) is 13.8 Å². The average Bonchev–Trinajstić information content (AvgIpc) is 2.84. The lowest BCUT2D eigenvalue weighted by molar-refractivity contribution is 0.460.